The highest BCUT2D eigenvalue weighted by Gasteiger charge is 2.20. The zero-order valence-electron chi connectivity index (χ0n) is 11.0. The second-order valence-electron chi connectivity index (χ2n) is 3.92. The number of hydrogen-bond acceptors (Lipinski definition) is 5. The first-order chi connectivity index (χ1) is 9.08. The van der Waals surface area contributed by atoms with Crippen LogP contribution in [-0.4, -0.2) is 29.7 Å². The van der Waals surface area contributed by atoms with Gasteiger partial charge < -0.3 is 15.2 Å². The Bertz CT molecular complexity index is 620. The van der Waals surface area contributed by atoms with Gasteiger partial charge in [0.2, 0.25) is 0 Å². The third-order valence-corrected chi connectivity index (χ3v) is 2.77. The van der Waals surface area contributed by atoms with E-state index in [2.05, 4.69) is 9.72 Å². The number of ether oxygens (including phenoxy) is 2. The molecule has 0 saturated carbocycles. The molecule has 2 aromatic rings. The number of anilines is 1. The Hall–Kier alpha value is -2.50. The lowest BCUT2D eigenvalue weighted by atomic mass is 10.3. The number of nitrogen functional groups attached to an aromatic ring is 1. The first-order valence-corrected chi connectivity index (χ1v) is 5.66. The summed E-state index contributed by atoms with van der Waals surface area (Å²) in [7, 11) is 2.88. The van der Waals surface area contributed by atoms with Crippen molar-refractivity contribution >= 4 is 11.8 Å². The summed E-state index contributed by atoms with van der Waals surface area (Å²) in [5.74, 6) is 0.996. The minimum atomic E-state index is -0.553. The number of rotatable bonds is 3. The minimum Gasteiger partial charge on any atom is -0.497 e. The Balaban J connectivity index is 2.56. The van der Waals surface area contributed by atoms with Gasteiger partial charge in [-0.25, -0.2) is 9.78 Å². The van der Waals surface area contributed by atoms with Crippen LogP contribution in [0.1, 0.15) is 16.3 Å². The summed E-state index contributed by atoms with van der Waals surface area (Å²) in [6, 6.07) is 7.33. The first-order valence-electron chi connectivity index (χ1n) is 5.66. The Morgan fingerprint density at radius 3 is 2.74 bits per heavy atom. The molecule has 0 atom stereocenters. The van der Waals surface area contributed by atoms with Crippen LogP contribution in [0.15, 0.2) is 24.3 Å². The van der Waals surface area contributed by atoms with Gasteiger partial charge in [-0.3, -0.25) is 4.57 Å². The summed E-state index contributed by atoms with van der Waals surface area (Å²) in [6.07, 6.45) is 0. The molecule has 0 saturated heterocycles. The number of aryl methyl sites for hydroxylation is 1. The van der Waals surface area contributed by atoms with Crippen LogP contribution in [0, 0.1) is 6.92 Å². The molecule has 0 fully saturated rings. The lowest BCUT2D eigenvalue weighted by Gasteiger charge is -2.09. The van der Waals surface area contributed by atoms with Crippen molar-refractivity contribution in [2.75, 3.05) is 20.0 Å². The van der Waals surface area contributed by atoms with E-state index in [-0.39, 0.29) is 11.5 Å². The number of hydrogen-bond donors (Lipinski definition) is 1. The monoisotopic (exact) mass is 261 g/mol. The smallest absolute Gasteiger partial charge is 0.360 e. The standard InChI is InChI=1S/C13H15N3O3/c1-8-15-11(13(17)19-3)12(14)16(8)9-5-4-6-10(7-9)18-2/h4-7H,14H2,1-3H3. The van der Waals surface area contributed by atoms with Crippen LogP contribution >= 0.6 is 0 Å². The molecule has 1 aromatic carbocycles. The number of nitrogens with zero attached hydrogens (tertiary/aromatic N) is 2. The van der Waals surface area contributed by atoms with Gasteiger partial charge >= 0.3 is 5.97 Å². The molecular weight excluding hydrogens is 246 g/mol. The highest BCUT2D eigenvalue weighted by molar-refractivity contribution is 5.92. The molecule has 6 nitrogen and oxygen atoms in total. The topological polar surface area (TPSA) is 79.4 Å². The molecule has 100 valence electrons. The predicted molar refractivity (Wildman–Crippen MR) is 70.6 cm³/mol. The maximum atomic E-state index is 11.6. The zero-order valence-corrected chi connectivity index (χ0v) is 11.0. The van der Waals surface area contributed by atoms with Gasteiger partial charge in [0.05, 0.1) is 19.9 Å². The van der Waals surface area contributed by atoms with Crippen LogP contribution < -0.4 is 10.5 Å². The molecule has 0 unspecified atom stereocenters. The SMILES string of the molecule is COC(=O)c1nc(C)n(-c2cccc(OC)c2)c1N. The minimum absolute atomic E-state index is 0.114. The number of methoxy groups -OCH3 is 2. The van der Waals surface area contributed by atoms with Gasteiger partial charge in [-0.15, -0.1) is 0 Å². The largest absolute Gasteiger partial charge is 0.497 e. The average molecular weight is 261 g/mol. The summed E-state index contributed by atoms with van der Waals surface area (Å²) in [5.41, 5.74) is 6.85. The van der Waals surface area contributed by atoms with Crippen molar-refractivity contribution in [1.82, 2.24) is 9.55 Å². The molecule has 0 spiro atoms. The van der Waals surface area contributed by atoms with Crippen molar-refractivity contribution in [2.24, 2.45) is 0 Å². The third-order valence-electron chi connectivity index (χ3n) is 2.77. The Morgan fingerprint density at radius 1 is 1.37 bits per heavy atom. The van der Waals surface area contributed by atoms with Crippen LogP contribution in [0.25, 0.3) is 5.69 Å². The van der Waals surface area contributed by atoms with E-state index in [0.29, 0.717) is 11.6 Å². The average Bonchev–Trinajstić information content (AvgIpc) is 2.73. The molecule has 19 heavy (non-hydrogen) atoms. The molecule has 0 aliphatic rings. The van der Waals surface area contributed by atoms with Crippen molar-refractivity contribution in [3.8, 4) is 11.4 Å². The number of carbonyl (C=O) groups excluding carboxylic acids is 1. The molecule has 1 aromatic heterocycles. The van der Waals surface area contributed by atoms with Gasteiger partial charge in [-0.2, -0.15) is 0 Å². The van der Waals surface area contributed by atoms with Crippen LogP contribution in [0.3, 0.4) is 0 Å². The summed E-state index contributed by atoms with van der Waals surface area (Å²) >= 11 is 0. The molecule has 0 aliphatic carbocycles. The van der Waals surface area contributed by atoms with E-state index in [4.69, 9.17) is 10.5 Å². The van der Waals surface area contributed by atoms with Crippen molar-refractivity contribution in [1.29, 1.82) is 0 Å². The molecule has 0 aliphatic heterocycles. The van der Waals surface area contributed by atoms with Gasteiger partial charge in [0, 0.05) is 6.07 Å². The van der Waals surface area contributed by atoms with Gasteiger partial charge in [0.25, 0.3) is 0 Å². The van der Waals surface area contributed by atoms with E-state index in [9.17, 15) is 4.79 Å². The fraction of sp³-hybridized carbons (Fsp3) is 0.231. The fourth-order valence-electron chi connectivity index (χ4n) is 1.87. The van der Waals surface area contributed by atoms with Crippen molar-refractivity contribution < 1.29 is 14.3 Å². The zero-order chi connectivity index (χ0) is 14.0. The number of benzene rings is 1. The van der Waals surface area contributed by atoms with E-state index in [1.165, 1.54) is 7.11 Å². The van der Waals surface area contributed by atoms with Gasteiger partial charge in [-0.1, -0.05) is 6.07 Å². The highest BCUT2D eigenvalue weighted by atomic mass is 16.5. The molecule has 0 bridgehead atoms. The Labute approximate surface area is 110 Å². The first kappa shape index (κ1) is 12.9. The predicted octanol–water partition coefficient (Wildman–Crippen LogP) is 1.56. The number of aromatic nitrogens is 2. The molecule has 0 amide bonds. The van der Waals surface area contributed by atoms with Crippen LogP contribution in [0.2, 0.25) is 0 Å². The lowest BCUT2D eigenvalue weighted by molar-refractivity contribution is 0.0596. The maximum Gasteiger partial charge on any atom is 0.360 e. The van der Waals surface area contributed by atoms with E-state index in [0.717, 1.165) is 5.69 Å². The van der Waals surface area contributed by atoms with Crippen LogP contribution in [-0.2, 0) is 4.74 Å². The lowest BCUT2D eigenvalue weighted by Crippen LogP contribution is -2.07. The summed E-state index contributed by atoms with van der Waals surface area (Å²) in [5, 5.41) is 0. The summed E-state index contributed by atoms with van der Waals surface area (Å²) in [6.45, 7) is 1.77. The molecular formula is C13H15N3O3. The van der Waals surface area contributed by atoms with Gasteiger partial charge in [0.1, 0.15) is 17.4 Å². The van der Waals surface area contributed by atoms with E-state index in [1.807, 2.05) is 24.3 Å². The third kappa shape index (κ3) is 2.24. The van der Waals surface area contributed by atoms with Crippen LogP contribution in [0.5, 0.6) is 5.75 Å². The Kier molecular flexibility index (Phi) is 3.41. The summed E-state index contributed by atoms with van der Waals surface area (Å²) < 4.78 is 11.5. The van der Waals surface area contributed by atoms with Crippen molar-refractivity contribution in [2.45, 2.75) is 6.92 Å². The van der Waals surface area contributed by atoms with E-state index < -0.39 is 5.97 Å². The molecule has 0 radical (unpaired) electrons. The van der Waals surface area contributed by atoms with E-state index in [1.54, 1.807) is 18.6 Å². The molecule has 6 heteroatoms. The van der Waals surface area contributed by atoms with Crippen molar-refractivity contribution in [3.05, 3.63) is 35.8 Å². The second kappa shape index (κ2) is 5.01. The molecule has 2 rings (SSSR count). The fourth-order valence-corrected chi connectivity index (χ4v) is 1.87. The van der Waals surface area contributed by atoms with E-state index >= 15 is 0 Å². The highest BCUT2D eigenvalue weighted by Crippen LogP contribution is 2.23. The molecule has 2 N–H and O–H groups in total. The maximum absolute atomic E-state index is 11.6. The quantitative estimate of drug-likeness (QED) is 0.848. The van der Waals surface area contributed by atoms with Gasteiger partial charge in [-0.05, 0) is 19.1 Å². The number of esters is 1. The number of imidazole rings is 1. The number of nitrogens with two attached hydrogens (primary N) is 1. The summed E-state index contributed by atoms with van der Waals surface area (Å²) in [4.78, 5) is 15.7. The normalized spacial score (nSPS) is 10.3. The van der Waals surface area contributed by atoms with Gasteiger partial charge in [0.15, 0.2) is 5.69 Å². The number of carbonyl (C=O) groups is 1. The Morgan fingerprint density at radius 2 is 2.11 bits per heavy atom. The van der Waals surface area contributed by atoms with Crippen LogP contribution in [0.4, 0.5) is 5.82 Å². The van der Waals surface area contributed by atoms with Crippen molar-refractivity contribution in [3.63, 3.8) is 0 Å². The molecule has 1 heterocycles. The second-order valence-corrected chi connectivity index (χ2v) is 3.92.